The van der Waals surface area contributed by atoms with E-state index in [4.69, 9.17) is 16.6 Å². The molecular formula is C6H15N3O3. The zero-order chi connectivity index (χ0) is 9.72. The second-order valence-electron chi connectivity index (χ2n) is 2.72. The molecule has 0 spiro atoms. The molecule has 0 aromatic heterocycles. The quantitative estimate of drug-likeness (QED) is 0.367. The van der Waals surface area contributed by atoms with E-state index in [0.717, 1.165) is 0 Å². The number of hydrogen-bond donors (Lipinski definition) is 4. The van der Waals surface area contributed by atoms with E-state index in [9.17, 15) is 10.0 Å². The topological polar surface area (TPSA) is 122 Å². The van der Waals surface area contributed by atoms with E-state index in [1.165, 1.54) is 6.92 Å². The van der Waals surface area contributed by atoms with Gasteiger partial charge in [0.1, 0.15) is 6.04 Å². The molecule has 0 amide bonds. The first-order valence-electron chi connectivity index (χ1n) is 3.68. The fourth-order valence-electron chi connectivity index (χ4n) is 0.769. The van der Waals surface area contributed by atoms with Crippen LogP contribution in [-0.2, 0) is 0 Å². The first-order chi connectivity index (χ1) is 5.54. The number of aliphatic hydroxyl groups is 2. The summed E-state index contributed by atoms with van der Waals surface area (Å²) < 4.78 is 0. The Hall–Kier alpha value is -0.560. The van der Waals surface area contributed by atoms with Crippen molar-refractivity contribution in [2.45, 2.75) is 31.2 Å². The van der Waals surface area contributed by atoms with Crippen molar-refractivity contribution in [3.05, 3.63) is 4.91 Å². The maximum atomic E-state index is 9.98. The van der Waals surface area contributed by atoms with Gasteiger partial charge in [-0.1, -0.05) is 5.18 Å². The Kier molecular flexibility index (Phi) is 4.91. The van der Waals surface area contributed by atoms with Crippen LogP contribution in [0.15, 0.2) is 5.18 Å². The summed E-state index contributed by atoms with van der Waals surface area (Å²) in [6.45, 7) is 1.37. The van der Waals surface area contributed by atoms with Gasteiger partial charge in [0.2, 0.25) is 0 Å². The molecule has 0 saturated carbocycles. The predicted molar refractivity (Wildman–Crippen MR) is 44.3 cm³/mol. The van der Waals surface area contributed by atoms with E-state index in [-0.39, 0.29) is 6.54 Å². The molecule has 0 radical (unpaired) electrons. The standard InChI is InChI=1S/C6H15N3O3/c1-3(9-12)6(11)5(8)4(10)2-7/h3-6,10-11H,2,7-8H2,1H3. The largest absolute Gasteiger partial charge is 0.390 e. The first kappa shape index (κ1) is 11.4. The maximum Gasteiger partial charge on any atom is 0.117 e. The number of nitrogens with two attached hydrogens (primary N) is 2. The van der Waals surface area contributed by atoms with Crippen molar-refractivity contribution in [3.63, 3.8) is 0 Å². The number of nitrogens with zero attached hydrogens (tertiary/aromatic N) is 1. The smallest absolute Gasteiger partial charge is 0.117 e. The van der Waals surface area contributed by atoms with Crippen LogP contribution in [0, 0.1) is 4.91 Å². The minimum atomic E-state index is -1.15. The molecule has 4 atom stereocenters. The number of hydrogen-bond acceptors (Lipinski definition) is 6. The average Bonchev–Trinajstić information content (AvgIpc) is 2.12. The molecule has 0 aliphatic rings. The SMILES string of the molecule is CC(N=O)C(O)C(N)C(O)CN. The predicted octanol–water partition coefficient (Wildman–Crippen LogP) is -1.85. The minimum absolute atomic E-state index is 0.0518. The number of aliphatic hydroxyl groups excluding tert-OH is 2. The molecule has 12 heavy (non-hydrogen) atoms. The van der Waals surface area contributed by atoms with Gasteiger partial charge in [-0.2, -0.15) is 4.91 Å². The van der Waals surface area contributed by atoms with Gasteiger partial charge in [0, 0.05) is 6.54 Å². The first-order valence-corrected chi connectivity index (χ1v) is 3.68. The van der Waals surface area contributed by atoms with Crippen molar-refractivity contribution in [1.29, 1.82) is 0 Å². The van der Waals surface area contributed by atoms with Crippen molar-refractivity contribution >= 4 is 0 Å². The third kappa shape index (κ3) is 2.82. The summed E-state index contributed by atoms with van der Waals surface area (Å²) in [7, 11) is 0. The molecule has 0 aromatic carbocycles. The van der Waals surface area contributed by atoms with Gasteiger partial charge < -0.3 is 21.7 Å². The van der Waals surface area contributed by atoms with E-state index in [2.05, 4.69) is 5.18 Å². The molecule has 0 saturated heterocycles. The van der Waals surface area contributed by atoms with Crippen LogP contribution < -0.4 is 11.5 Å². The summed E-state index contributed by atoms with van der Waals surface area (Å²) in [6.07, 6.45) is -2.16. The number of rotatable bonds is 5. The summed E-state index contributed by atoms with van der Waals surface area (Å²) in [5, 5.41) is 20.9. The third-order valence-corrected chi connectivity index (χ3v) is 1.74. The van der Waals surface area contributed by atoms with E-state index in [1.807, 2.05) is 0 Å². The molecular weight excluding hydrogens is 162 g/mol. The Morgan fingerprint density at radius 2 is 2.00 bits per heavy atom. The lowest BCUT2D eigenvalue weighted by Crippen LogP contribution is -2.51. The Morgan fingerprint density at radius 3 is 2.33 bits per heavy atom. The monoisotopic (exact) mass is 177 g/mol. The molecule has 4 unspecified atom stereocenters. The van der Waals surface area contributed by atoms with Crippen molar-refractivity contribution in [2.24, 2.45) is 16.6 Å². The molecule has 0 heterocycles. The van der Waals surface area contributed by atoms with Crippen molar-refractivity contribution < 1.29 is 10.2 Å². The highest BCUT2D eigenvalue weighted by Crippen LogP contribution is 2.04. The van der Waals surface area contributed by atoms with Crippen molar-refractivity contribution in [3.8, 4) is 0 Å². The normalized spacial score (nSPS) is 21.1. The summed E-state index contributed by atoms with van der Waals surface area (Å²) in [5.74, 6) is 0. The molecule has 0 aliphatic heterocycles. The Balaban J connectivity index is 4.07. The van der Waals surface area contributed by atoms with Crippen molar-refractivity contribution in [1.82, 2.24) is 0 Å². The Bertz CT molecular complexity index is 144. The fourth-order valence-corrected chi connectivity index (χ4v) is 0.769. The van der Waals surface area contributed by atoms with Gasteiger partial charge in [0.25, 0.3) is 0 Å². The summed E-state index contributed by atoms with van der Waals surface area (Å²) in [5.41, 5.74) is 10.5. The summed E-state index contributed by atoms with van der Waals surface area (Å²) in [4.78, 5) is 9.98. The molecule has 0 rings (SSSR count). The van der Waals surface area contributed by atoms with E-state index in [0.29, 0.717) is 0 Å². The van der Waals surface area contributed by atoms with Crippen LogP contribution in [0.2, 0.25) is 0 Å². The van der Waals surface area contributed by atoms with E-state index in [1.54, 1.807) is 0 Å². The molecule has 6 nitrogen and oxygen atoms in total. The lowest BCUT2D eigenvalue weighted by atomic mass is 10.0. The fraction of sp³-hybridized carbons (Fsp3) is 1.00. The molecule has 72 valence electrons. The third-order valence-electron chi connectivity index (χ3n) is 1.74. The van der Waals surface area contributed by atoms with Gasteiger partial charge in [-0.25, -0.2) is 0 Å². The van der Waals surface area contributed by atoms with Crippen LogP contribution in [0.5, 0.6) is 0 Å². The van der Waals surface area contributed by atoms with E-state index >= 15 is 0 Å². The average molecular weight is 177 g/mol. The van der Waals surface area contributed by atoms with Crippen LogP contribution in [0.4, 0.5) is 0 Å². The maximum absolute atomic E-state index is 9.98. The molecule has 0 bridgehead atoms. The highest BCUT2D eigenvalue weighted by Gasteiger charge is 2.27. The number of nitroso groups, excluding NO2 is 1. The summed E-state index contributed by atoms with van der Waals surface area (Å²) >= 11 is 0. The zero-order valence-electron chi connectivity index (χ0n) is 6.92. The van der Waals surface area contributed by atoms with Crippen LogP contribution in [0.25, 0.3) is 0 Å². The Morgan fingerprint density at radius 1 is 1.50 bits per heavy atom. The van der Waals surface area contributed by atoms with E-state index < -0.39 is 24.3 Å². The van der Waals surface area contributed by atoms with Crippen LogP contribution in [0.1, 0.15) is 6.92 Å². The van der Waals surface area contributed by atoms with Crippen LogP contribution >= 0.6 is 0 Å². The van der Waals surface area contributed by atoms with Crippen LogP contribution in [-0.4, -0.2) is 41.0 Å². The molecule has 0 aromatic rings. The lowest BCUT2D eigenvalue weighted by molar-refractivity contribution is 0.0488. The molecule has 0 aliphatic carbocycles. The van der Waals surface area contributed by atoms with Crippen LogP contribution in [0.3, 0.4) is 0 Å². The van der Waals surface area contributed by atoms with Gasteiger partial charge in [0.15, 0.2) is 0 Å². The highest BCUT2D eigenvalue weighted by atomic mass is 16.3. The van der Waals surface area contributed by atoms with Gasteiger partial charge in [-0.05, 0) is 6.92 Å². The minimum Gasteiger partial charge on any atom is -0.390 e. The zero-order valence-corrected chi connectivity index (χ0v) is 6.92. The second-order valence-corrected chi connectivity index (χ2v) is 2.72. The van der Waals surface area contributed by atoms with Gasteiger partial charge in [-0.15, -0.1) is 0 Å². The molecule has 6 heteroatoms. The summed E-state index contributed by atoms with van der Waals surface area (Å²) in [6, 6.07) is -1.76. The van der Waals surface area contributed by atoms with Gasteiger partial charge in [-0.3, -0.25) is 0 Å². The van der Waals surface area contributed by atoms with Gasteiger partial charge in [0.05, 0.1) is 18.2 Å². The molecule has 6 N–H and O–H groups in total. The Labute approximate surface area is 70.5 Å². The molecule has 0 fully saturated rings. The highest BCUT2D eigenvalue weighted by molar-refractivity contribution is 4.86. The lowest BCUT2D eigenvalue weighted by Gasteiger charge is -2.23. The van der Waals surface area contributed by atoms with Crippen molar-refractivity contribution in [2.75, 3.05) is 6.54 Å². The van der Waals surface area contributed by atoms with Gasteiger partial charge >= 0.3 is 0 Å². The second kappa shape index (κ2) is 5.15.